The van der Waals surface area contributed by atoms with E-state index in [0.29, 0.717) is 60.2 Å². The van der Waals surface area contributed by atoms with Crippen LogP contribution in [0.2, 0.25) is 5.02 Å². The highest BCUT2D eigenvalue weighted by Gasteiger charge is 2.27. The highest BCUT2D eigenvalue weighted by molar-refractivity contribution is 7.98. The lowest BCUT2D eigenvalue weighted by molar-refractivity contribution is 0.0566. The van der Waals surface area contributed by atoms with E-state index >= 15 is 0 Å². The lowest BCUT2D eigenvalue weighted by Gasteiger charge is -2.33. The van der Waals surface area contributed by atoms with Crippen LogP contribution in [0, 0.1) is 6.92 Å². The molecule has 1 fully saturated rings. The first kappa shape index (κ1) is 27.2. The first-order valence-electron chi connectivity index (χ1n) is 12.5. The molecule has 4 aromatic rings. The third kappa shape index (κ3) is 6.10. The maximum atomic E-state index is 13.0. The fourth-order valence-electron chi connectivity index (χ4n) is 4.18. The fraction of sp³-hybridized carbons (Fsp3) is 0.296. The normalized spacial score (nSPS) is 13.5. The first-order valence-corrected chi connectivity index (χ1v) is 14.7. The van der Waals surface area contributed by atoms with Gasteiger partial charge in [-0.05, 0) is 38.1 Å². The molecule has 12 heteroatoms. The van der Waals surface area contributed by atoms with E-state index in [-0.39, 0.29) is 12.0 Å². The Morgan fingerprint density at radius 3 is 2.46 bits per heavy atom. The maximum absolute atomic E-state index is 13.0. The van der Waals surface area contributed by atoms with Crippen LogP contribution in [0.25, 0.3) is 17.1 Å². The number of ether oxygens (including phenoxy) is 1. The minimum absolute atomic E-state index is 0.130. The Bertz CT molecular complexity index is 1460. The largest absolute Gasteiger partial charge is 0.450 e. The van der Waals surface area contributed by atoms with Crippen LogP contribution >= 0.6 is 34.7 Å². The highest BCUT2D eigenvalue weighted by Crippen LogP contribution is 2.33. The van der Waals surface area contributed by atoms with Crippen molar-refractivity contribution in [3.05, 3.63) is 75.2 Å². The number of carbonyl (C=O) groups excluding carboxylic acids is 2. The quantitative estimate of drug-likeness (QED) is 0.263. The van der Waals surface area contributed by atoms with Crippen LogP contribution in [0.15, 0.2) is 59.1 Å². The number of thioether (sulfide) groups is 1. The van der Waals surface area contributed by atoms with Gasteiger partial charge in [-0.3, -0.25) is 9.36 Å². The zero-order valence-corrected chi connectivity index (χ0v) is 23.9. The third-order valence-corrected chi connectivity index (χ3v) is 8.53. The van der Waals surface area contributed by atoms with Gasteiger partial charge in [0.25, 0.3) is 5.91 Å². The van der Waals surface area contributed by atoms with E-state index in [1.165, 1.54) is 23.1 Å². The molecule has 0 spiro atoms. The molecule has 2 aromatic carbocycles. The van der Waals surface area contributed by atoms with Gasteiger partial charge < -0.3 is 14.5 Å². The van der Waals surface area contributed by atoms with Gasteiger partial charge in [0.05, 0.1) is 17.4 Å². The van der Waals surface area contributed by atoms with E-state index in [1.807, 2.05) is 60.0 Å². The molecule has 5 rings (SSSR count). The lowest BCUT2D eigenvalue weighted by Crippen LogP contribution is -2.50. The van der Waals surface area contributed by atoms with E-state index in [9.17, 15) is 9.59 Å². The minimum atomic E-state index is -0.339. The summed E-state index contributed by atoms with van der Waals surface area (Å²) in [4.78, 5) is 32.9. The number of nitrogens with zero attached hydrogens (tertiary/aromatic N) is 6. The molecule has 2 aromatic heterocycles. The van der Waals surface area contributed by atoms with E-state index in [4.69, 9.17) is 16.3 Å². The summed E-state index contributed by atoms with van der Waals surface area (Å²) in [6, 6.07) is 15.7. The Kier molecular flexibility index (Phi) is 8.49. The summed E-state index contributed by atoms with van der Waals surface area (Å²) in [5.41, 5.74) is 3.30. The smallest absolute Gasteiger partial charge is 0.409 e. The summed E-state index contributed by atoms with van der Waals surface area (Å²) in [7, 11) is 0. The molecule has 1 saturated heterocycles. The van der Waals surface area contributed by atoms with Gasteiger partial charge in [-0.1, -0.05) is 53.2 Å². The molecule has 0 unspecified atom stereocenters. The Morgan fingerprint density at radius 2 is 1.74 bits per heavy atom. The minimum Gasteiger partial charge on any atom is -0.450 e. The SMILES string of the molecule is CCOC(=O)N1CCN(C(=O)c2csc(CSc3nnc(-c4ccccc4Cl)n3-c3ccc(C)cc3)n2)CC1. The Morgan fingerprint density at radius 1 is 1.03 bits per heavy atom. The summed E-state index contributed by atoms with van der Waals surface area (Å²) in [6.45, 7) is 5.94. The van der Waals surface area contributed by atoms with Gasteiger partial charge in [-0.15, -0.1) is 21.5 Å². The topological polar surface area (TPSA) is 93.5 Å². The molecule has 1 aliphatic rings. The molecule has 0 bridgehead atoms. The van der Waals surface area contributed by atoms with Crippen molar-refractivity contribution in [2.45, 2.75) is 24.8 Å². The van der Waals surface area contributed by atoms with E-state index in [2.05, 4.69) is 15.2 Å². The maximum Gasteiger partial charge on any atom is 0.409 e. The van der Waals surface area contributed by atoms with Gasteiger partial charge in [-0.25, -0.2) is 9.78 Å². The number of halogens is 1. The van der Waals surface area contributed by atoms with Crippen molar-refractivity contribution < 1.29 is 14.3 Å². The monoisotopic (exact) mass is 582 g/mol. The number of carbonyl (C=O) groups is 2. The van der Waals surface area contributed by atoms with Crippen LogP contribution in [0.3, 0.4) is 0 Å². The van der Waals surface area contributed by atoms with Crippen molar-refractivity contribution in [3.63, 3.8) is 0 Å². The second-order valence-corrected chi connectivity index (χ2v) is 11.1. The number of thiazole rings is 1. The number of hydrogen-bond acceptors (Lipinski definition) is 8. The number of aryl methyl sites for hydroxylation is 1. The van der Waals surface area contributed by atoms with Gasteiger partial charge >= 0.3 is 6.09 Å². The van der Waals surface area contributed by atoms with Gasteiger partial charge in [-0.2, -0.15) is 0 Å². The molecule has 0 radical (unpaired) electrons. The predicted octanol–water partition coefficient (Wildman–Crippen LogP) is 5.56. The number of amides is 2. The van der Waals surface area contributed by atoms with E-state index in [0.717, 1.165) is 21.8 Å². The molecule has 0 aliphatic carbocycles. The molecule has 0 saturated carbocycles. The first-order chi connectivity index (χ1) is 18.9. The summed E-state index contributed by atoms with van der Waals surface area (Å²) in [6.07, 6.45) is -0.339. The molecule has 9 nitrogen and oxygen atoms in total. The van der Waals surface area contributed by atoms with Gasteiger partial charge in [0.15, 0.2) is 11.0 Å². The van der Waals surface area contributed by atoms with Crippen molar-refractivity contribution >= 4 is 46.7 Å². The molecule has 202 valence electrons. The van der Waals surface area contributed by atoms with Crippen LogP contribution < -0.4 is 0 Å². The van der Waals surface area contributed by atoms with Crippen LogP contribution in [0.1, 0.15) is 28.0 Å². The van der Waals surface area contributed by atoms with E-state index in [1.54, 1.807) is 22.1 Å². The number of benzene rings is 2. The molecule has 2 amide bonds. The fourth-order valence-corrected chi connectivity index (χ4v) is 6.14. The van der Waals surface area contributed by atoms with E-state index < -0.39 is 0 Å². The van der Waals surface area contributed by atoms with Gasteiger partial charge in [0, 0.05) is 42.8 Å². The molecular formula is C27H27ClN6O3S2. The summed E-state index contributed by atoms with van der Waals surface area (Å²) >= 11 is 9.44. The molecule has 0 N–H and O–H groups in total. The zero-order chi connectivity index (χ0) is 27.4. The van der Waals surface area contributed by atoms with Crippen molar-refractivity contribution in [2.24, 2.45) is 0 Å². The standard InChI is InChI=1S/C27H27ClN6O3S2/c1-3-37-27(36)33-14-12-32(13-15-33)25(35)22-16-38-23(29-22)17-39-26-31-30-24(20-6-4-5-7-21(20)28)34(26)19-10-8-18(2)9-11-19/h4-11,16H,3,12-15,17H2,1-2H3. The average molecular weight is 583 g/mol. The Balaban J connectivity index is 1.30. The van der Waals surface area contributed by atoms with Crippen LogP contribution in [0.5, 0.6) is 0 Å². The molecule has 1 aliphatic heterocycles. The van der Waals surface area contributed by atoms with Gasteiger partial charge in [0.2, 0.25) is 0 Å². The number of hydrogen-bond donors (Lipinski definition) is 0. The predicted molar refractivity (Wildman–Crippen MR) is 153 cm³/mol. The van der Waals surface area contributed by atoms with Crippen molar-refractivity contribution in [3.8, 4) is 17.1 Å². The van der Waals surface area contributed by atoms with Crippen LogP contribution in [0.4, 0.5) is 4.79 Å². The summed E-state index contributed by atoms with van der Waals surface area (Å²) in [5.74, 6) is 1.06. The average Bonchev–Trinajstić information content (AvgIpc) is 3.60. The second kappa shape index (κ2) is 12.2. The zero-order valence-electron chi connectivity index (χ0n) is 21.5. The second-order valence-electron chi connectivity index (χ2n) is 8.85. The Labute approximate surface area is 239 Å². The van der Waals surface area contributed by atoms with Crippen LogP contribution in [-0.2, 0) is 10.5 Å². The van der Waals surface area contributed by atoms with Crippen molar-refractivity contribution in [2.75, 3.05) is 32.8 Å². The summed E-state index contributed by atoms with van der Waals surface area (Å²) in [5, 5.41) is 12.8. The lowest BCUT2D eigenvalue weighted by atomic mass is 10.2. The third-order valence-electron chi connectivity index (χ3n) is 6.23. The van der Waals surface area contributed by atoms with Gasteiger partial charge in [0.1, 0.15) is 10.7 Å². The molecular weight excluding hydrogens is 556 g/mol. The Hall–Kier alpha value is -3.41. The number of aromatic nitrogens is 4. The number of rotatable bonds is 7. The van der Waals surface area contributed by atoms with Crippen LogP contribution in [-0.4, -0.2) is 74.3 Å². The molecule has 0 atom stereocenters. The summed E-state index contributed by atoms with van der Waals surface area (Å²) < 4.78 is 7.05. The molecule has 39 heavy (non-hydrogen) atoms. The van der Waals surface area contributed by atoms with Crippen molar-refractivity contribution in [1.82, 2.24) is 29.5 Å². The number of piperazine rings is 1. The highest BCUT2D eigenvalue weighted by atomic mass is 35.5. The van der Waals surface area contributed by atoms with Crippen molar-refractivity contribution in [1.29, 1.82) is 0 Å². The molecule has 3 heterocycles.